The van der Waals surface area contributed by atoms with E-state index in [4.69, 9.17) is 9.47 Å². The molecule has 0 radical (unpaired) electrons. The normalized spacial score (nSPS) is 56.4. The van der Waals surface area contributed by atoms with Gasteiger partial charge < -0.3 is 24.6 Å². The third-order valence-electron chi connectivity index (χ3n) is 14.7. The topological polar surface area (TPSA) is 79.2 Å². The summed E-state index contributed by atoms with van der Waals surface area (Å²) in [6, 6.07) is 0.162. The van der Waals surface area contributed by atoms with Crippen molar-refractivity contribution in [2.75, 3.05) is 19.8 Å². The Morgan fingerprint density at radius 2 is 1.66 bits per heavy atom. The molecule has 7 aliphatic rings. The molecule has 1 amide bonds. The SMILES string of the molecule is CC(=O)N(CC1C[C@@H](C)[C@H]2C(O1)[C@H](O)[C@@]1(C)C3CC[C@H]4C(C)(C)C(O)CC[C@@]45C[C@@]35CC[C@]21C)C1COC1. The van der Waals surface area contributed by atoms with Crippen molar-refractivity contribution in [1.29, 1.82) is 0 Å². The molecule has 6 nitrogen and oxygen atoms in total. The second-order valence-corrected chi connectivity index (χ2v) is 16.0. The Bertz CT molecular complexity index is 1010. The van der Waals surface area contributed by atoms with Gasteiger partial charge in [-0.05, 0) is 96.7 Å². The lowest BCUT2D eigenvalue weighted by Crippen LogP contribution is -2.59. The Morgan fingerprint density at radius 3 is 2.32 bits per heavy atom. The lowest BCUT2D eigenvalue weighted by Gasteiger charge is -2.63. The van der Waals surface area contributed by atoms with Gasteiger partial charge in [-0.2, -0.15) is 0 Å². The molecule has 7 rings (SSSR count). The molecule has 2 saturated heterocycles. The van der Waals surface area contributed by atoms with Gasteiger partial charge in [0.15, 0.2) is 0 Å². The van der Waals surface area contributed by atoms with Crippen LogP contribution in [0.2, 0.25) is 0 Å². The maximum absolute atomic E-state index is 12.5. The first-order valence-electron chi connectivity index (χ1n) is 15.7. The molecule has 2 heterocycles. The van der Waals surface area contributed by atoms with Gasteiger partial charge in [0.05, 0.1) is 43.7 Å². The van der Waals surface area contributed by atoms with Crippen molar-refractivity contribution >= 4 is 5.91 Å². The highest BCUT2D eigenvalue weighted by Gasteiger charge is 2.84. The third kappa shape index (κ3) is 2.92. The van der Waals surface area contributed by atoms with Crippen LogP contribution in [0.3, 0.4) is 0 Å². The average Bonchev–Trinajstić information content (AvgIpc) is 3.45. The molecule has 5 aliphatic carbocycles. The summed E-state index contributed by atoms with van der Waals surface area (Å²) in [5, 5.41) is 23.3. The molecule has 2 aliphatic heterocycles. The summed E-state index contributed by atoms with van der Waals surface area (Å²) in [6.07, 6.45) is 8.29. The van der Waals surface area contributed by atoms with E-state index in [9.17, 15) is 15.0 Å². The summed E-state index contributed by atoms with van der Waals surface area (Å²) < 4.78 is 12.3. The molecule has 214 valence electrons. The third-order valence-corrected chi connectivity index (χ3v) is 14.7. The number of hydrogen-bond donors (Lipinski definition) is 2. The predicted molar refractivity (Wildman–Crippen MR) is 144 cm³/mol. The quantitative estimate of drug-likeness (QED) is 0.566. The van der Waals surface area contributed by atoms with Crippen LogP contribution in [0.15, 0.2) is 0 Å². The van der Waals surface area contributed by atoms with E-state index in [1.807, 2.05) is 4.90 Å². The predicted octanol–water partition coefficient (Wildman–Crippen LogP) is 4.41. The Morgan fingerprint density at radius 1 is 0.974 bits per heavy atom. The summed E-state index contributed by atoms with van der Waals surface area (Å²) >= 11 is 0. The number of hydrogen-bond acceptors (Lipinski definition) is 5. The van der Waals surface area contributed by atoms with E-state index in [1.165, 1.54) is 32.1 Å². The van der Waals surface area contributed by atoms with Crippen LogP contribution in [0.25, 0.3) is 0 Å². The lowest BCUT2D eigenvalue weighted by molar-refractivity contribution is -0.182. The van der Waals surface area contributed by atoms with E-state index >= 15 is 0 Å². The molecule has 6 heteroatoms. The number of aliphatic hydroxyl groups is 2. The van der Waals surface area contributed by atoms with Gasteiger partial charge in [0.25, 0.3) is 0 Å². The molecule has 5 saturated carbocycles. The lowest BCUT2D eigenvalue weighted by atomic mass is 9.41. The highest BCUT2D eigenvalue weighted by molar-refractivity contribution is 5.73. The van der Waals surface area contributed by atoms with Crippen LogP contribution in [0.5, 0.6) is 0 Å². The number of carbonyl (C=O) groups excluding carboxylic acids is 1. The fraction of sp³-hybridized carbons (Fsp3) is 0.969. The first kappa shape index (κ1) is 26.2. The number of ether oxygens (including phenoxy) is 2. The minimum Gasteiger partial charge on any atom is -0.393 e. The van der Waals surface area contributed by atoms with Crippen LogP contribution >= 0.6 is 0 Å². The fourth-order valence-electron chi connectivity index (χ4n) is 12.7. The molecule has 2 N–H and O–H groups in total. The van der Waals surface area contributed by atoms with E-state index in [0.29, 0.717) is 54.3 Å². The van der Waals surface area contributed by atoms with Crippen LogP contribution in [-0.4, -0.2) is 71.2 Å². The number of amides is 1. The highest BCUT2D eigenvalue weighted by atomic mass is 16.5. The Hall–Kier alpha value is -0.690. The Balaban J connectivity index is 1.19. The first-order valence-corrected chi connectivity index (χ1v) is 15.7. The molecule has 0 aromatic carbocycles. The van der Waals surface area contributed by atoms with Crippen molar-refractivity contribution in [3.05, 3.63) is 0 Å². The van der Waals surface area contributed by atoms with Gasteiger partial charge in [0, 0.05) is 18.9 Å². The molecule has 0 aromatic heterocycles. The monoisotopic (exact) mass is 529 g/mol. The Labute approximate surface area is 229 Å². The molecule has 4 unspecified atom stereocenters. The average molecular weight is 530 g/mol. The second kappa shape index (κ2) is 7.98. The van der Waals surface area contributed by atoms with Crippen molar-refractivity contribution in [3.8, 4) is 0 Å². The number of nitrogens with zero attached hydrogens (tertiary/aromatic N) is 1. The van der Waals surface area contributed by atoms with Crippen LogP contribution in [0, 0.1) is 50.7 Å². The van der Waals surface area contributed by atoms with Crippen LogP contribution in [0.4, 0.5) is 0 Å². The zero-order valence-electron chi connectivity index (χ0n) is 24.5. The molecule has 12 atom stereocenters. The molecule has 0 aromatic rings. The molecule has 2 spiro atoms. The summed E-state index contributed by atoms with van der Waals surface area (Å²) in [5.74, 6) is 2.01. The van der Waals surface area contributed by atoms with Crippen molar-refractivity contribution < 1.29 is 24.5 Å². The number of aliphatic hydroxyl groups excluding tert-OH is 2. The van der Waals surface area contributed by atoms with Gasteiger partial charge in [-0.1, -0.05) is 34.6 Å². The minimum atomic E-state index is -0.473. The van der Waals surface area contributed by atoms with Gasteiger partial charge in [0.1, 0.15) is 0 Å². The van der Waals surface area contributed by atoms with Crippen molar-refractivity contribution in [2.45, 2.75) is 123 Å². The fourth-order valence-corrected chi connectivity index (χ4v) is 12.7. The molecular formula is C32H51NO5. The summed E-state index contributed by atoms with van der Waals surface area (Å²) in [5.41, 5.74) is 0.558. The zero-order valence-corrected chi connectivity index (χ0v) is 24.5. The number of rotatable bonds is 3. The summed E-state index contributed by atoms with van der Waals surface area (Å²) in [7, 11) is 0. The summed E-state index contributed by atoms with van der Waals surface area (Å²) in [6.45, 7) is 15.4. The maximum atomic E-state index is 12.5. The summed E-state index contributed by atoms with van der Waals surface area (Å²) in [4.78, 5) is 14.4. The van der Waals surface area contributed by atoms with E-state index in [0.717, 1.165) is 19.3 Å². The molecule has 7 fully saturated rings. The molecular weight excluding hydrogens is 478 g/mol. The van der Waals surface area contributed by atoms with Gasteiger partial charge in [0.2, 0.25) is 5.91 Å². The Kier molecular flexibility index (Phi) is 5.51. The van der Waals surface area contributed by atoms with Crippen molar-refractivity contribution in [3.63, 3.8) is 0 Å². The van der Waals surface area contributed by atoms with Crippen LogP contribution in [-0.2, 0) is 14.3 Å². The second-order valence-electron chi connectivity index (χ2n) is 16.0. The van der Waals surface area contributed by atoms with E-state index < -0.39 is 6.10 Å². The van der Waals surface area contributed by atoms with Crippen LogP contribution < -0.4 is 0 Å². The number of fused-ring (bicyclic) bond motifs is 4. The van der Waals surface area contributed by atoms with Gasteiger partial charge in [-0.25, -0.2) is 0 Å². The van der Waals surface area contributed by atoms with Crippen molar-refractivity contribution in [2.24, 2.45) is 50.7 Å². The van der Waals surface area contributed by atoms with Gasteiger partial charge in [-0.3, -0.25) is 4.79 Å². The zero-order chi connectivity index (χ0) is 27.0. The van der Waals surface area contributed by atoms with Crippen LogP contribution in [0.1, 0.15) is 92.9 Å². The minimum absolute atomic E-state index is 0.0183. The highest BCUT2D eigenvalue weighted by Crippen LogP contribution is 2.89. The smallest absolute Gasteiger partial charge is 0.219 e. The van der Waals surface area contributed by atoms with Crippen molar-refractivity contribution in [1.82, 2.24) is 4.90 Å². The number of carbonyl (C=O) groups is 1. The van der Waals surface area contributed by atoms with E-state index in [2.05, 4.69) is 34.6 Å². The maximum Gasteiger partial charge on any atom is 0.219 e. The van der Waals surface area contributed by atoms with E-state index in [1.54, 1.807) is 6.92 Å². The molecule has 38 heavy (non-hydrogen) atoms. The first-order chi connectivity index (χ1) is 17.8. The molecule has 0 bridgehead atoms. The largest absolute Gasteiger partial charge is 0.393 e. The van der Waals surface area contributed by atoms with Gasteiger partial charge in [-0.15, -0.1) is 0 Å². The van der Waals surface area contributed by atoms with E-state index in [-0.39, 0.29) is 46.5 Å². The standard InChI is InChI=1S/C32H51NO5/c1-18-13-21(14-33(19(2)34)20-15-37-16-20)38-26-25(18)29(5)11-12-32-17-31(32)10-9-24(35)28(3,4)22(31)7-8-23(32)30(29,6)27(26)36/h18,20-27,35-36H,7-17H2,1-6H3/t18-,21?,22+,23?,24?,25+,26?,27+,29-,30-,31-,32+/m1/s1. The van der Waals surface area contributed by atoms with Gasteiger partial charge >= 0.3 is 0 Å².